The van der Waals surface area contributed by atoms with E-state index in [9.17, 15) is 10.1 Å². The molecular weight excluding hydrogens is 260 g/mol. The molecule has 0 bridgehead atoms. The summed E-state index contributed by atoms with van der Waals surface area (Å²) >= 11 is 1.27. The summed E-state index contributed by atoms with van der Waals surface area (Å²) in [5, 5.41) is 16.0. The molecule has 0 aliphatic heterocycles. The molecule has 1 aliphatic rings. The standard InChI is InChI=1S/C13H18N4OS/c1-3-7-5-9(7)17-13-8(6-14)10(15)11(19-13)12(18)16-4-2/h7,9,17H,3-5,15H2,1-2H3,(H,16,18). The van der Waals surface area contributed by atoms with Crippen LogP contribution in [0.5, 0.6) is 0 Å². The Bertz CT molecular complexity index is 531. The minimum absolute atomic E-state index is 0.211. The zero-order chi connectivity index (χ0) is 14.0. The van der Waals surface area contributed by atoms with Gasteiger partial charge in [0.1, 0.15) is 21.5 Å². The van der Waals surface area contributed by atoms with E-state index in [1.165, 1.54) is 11.3 Å². The summed E-state index contributed by atoms with van der Waals surface area (Å²) < 4.78 is 0. The van der Waals surface area contributed by atoms with Crippen LogP contribution in [-0.2, 0) is 0 Å². The van der Waals surface area contributed by atoms with Crippen molar-refractivity contribution in [1.29, 1.82) is 5.26 Å². The Hall–Kier alpha value is -1.74. The third-order valence-corrected chi connectivity index (χ3v) is 4.50. The normalized spacial score (nSPS) is 20.7. The number of nitrogens with zero attached hydrogens (tertiary/aromatic N) is 1. The summed E-state index contributed by atoms with van der Waals surface area (Å²) in [6, 6.07) is 2.50. The number of carbonyl (C=O) groups is 1. The molecule has 1 fully saturated rings. The number of carbonyl (C=O) groups excluding carboxylic acids is 1. The van der Waals surface area contributed by atoms with Crippen molar-refractivity contribution < 1.29 is 4.79 Å². The quantitative estimate of drug-likeness (QED) is 0.769. The average molecular weight is 278 g/mol. The highest BCUT2D eigenvalue weighted by Gasteiger charge is 2.36. The average Bonchev–Trinajstić information content (AvgIpc) is 3.06. The maximum Gasteiger partial charge on any atom is 0.263 e. The van der Waals surface area contributed by atoms with Gasteiger partial charge in [-0.2, -0.15) is 5.26 Å². The zero-order valence-corrected chi connectivity index (χ0v) is 11.9. The van der Waals surface area contributed by atoms with Gasteiger partial charge in [-0.25, -0.2) is 0 Å². The Kier molecular flexibility index (Phi) is 3.96. The number of hydrogen-bond donors (Lipinski definition) is 3. The second-order valence-electron chi connectivity index (χ2n) is 4.68. The van der Waals surface area contributed by atoms with Crippen LogP contribution >= 0.6 is 11.3 Å². The van der Waals surface area contributed by atoms with Crippen LogP contribution in [0.15, 0.2) is 0 Å². The van der Waals surface area contributed by atoms with Crippen molar-refractivity contribution in [3.05, 3.63) is 10.4 Å². The zero-order valence-electron chi connectivity index (χ0n) is 11.1. The van der Waals surface area contributed by atoms with Gasteiger partial charge in [0, 0.05) is 12.6 Å². The molecule has 0 spiro atoms. The number of nitrogens with one attached hydrogen (secondary N) is 2. The van der Waals surface area contributed by atoms with Crippen molar-refractivity contribution in [2.75, 3.05) is 17.6 Å². The molecule has 19 heavy (non-hydrogen) atoms. The van der Waals surface area contributed by atoms with E-state index in [0.717, 1.165) is 17.8 Å². The molecule has 6 heteroatoms. The van der Waals surface area contributed by atoms with Crippen molar-refractivity contribution in [1.82, 2.24) is 5.32 Å². The number of hydrogen-bond acceptors (Lipinski definition) is 5. The molecule has 5 nitrogen and oxygen atoms in total. The number of nitriles is 1. The van der Waals surface area contributed by atoms with Gasteiger partial charge in [0.15, 0.2) is 0 Å². The van der Waals surface area contributed by atoms with E-state index >= 15 is 0 Å². The van der Waals surface area contributed by atoms with Crippen LogP contribution < -0.4 is 16.4 Å². The number of thiophene rings is 1. The van der Waals surface area contributed by atoms with E-state index in [1.54, 1.807) is 0 Å². The SMILES string of the molecule is CCNC(=O)c1sc(NC2CC2CC)c(C#N)c1N. The molecule has 0 aromatic carbocycles. The molecule has 102 valence electrons. The van der Waals surface area contributed by atoms with Crippen molar-refractivity contribution in [2.45, 2.75) is 32.7 Å². The van der Waals surface area contributed by atoms with Crippen LogP contribution in [0.3, 0.4) is 0 Å². The molecular formula is C13H18N4OS. The summed E-state index contributed by atoms with van der Waals surface area (Å²) in [6.45, 7) is 4.55. The smallest absolute Gasteiger partial charge is 0.263 e. The van der Waals surface area contributed by atoms with Gasteiger partial charge in [-0.05, 0) is 19.3 Å². The molecule has 4 N–H and O–H groups in total. The van der Waals surface area contributed by atoms with Crippen LogP contribution in [0.2, 0.25) is 0 Å². The van der Waals surface area contributed by atoms with Gasteiger partial charge in [0.05, 0.1) is 5.69 Å². The maximum absolute atomic E-state index is 11.9. The van der Waals surface area contributed by atoms with Crippen LogP contribution in [0, 0.1) is 17.2 Å². The monoisotopic (exact) mass is 278 g/mol. The van der Waals surface area contributed by atoms with E-state index in [0.29, 0.717) is 28.9 Å². The third kappa shape index (κ3) is 2.66. The Morgan fingerprint density at radius 1 is 1.58 bits per heavy atom. The number of nitrogens with two attached hydrogens (primary N) is 1. The first kappa shape index (κ1) is 13.7. The van der Waals surface area contributed by atoms with E-state index in [1.807, 2.05) is 6.92 Å². The fraction of sp³-hybridized carbons (Fsp3) is 0.538. The van der Waals surface area contributed by atoms with Crippen LogP contribution in [0.4, 0.5) is 10.7 Å². The Balaban J connectivity index is 2.22. The summed E-state index contributed by atoms with van der Waals surface area (Å²) in [5.41, 5.74) is 6.58. The van der Waals surface area contributed by atoms with Crippen molar-refractivity contribution in [2.24, 2.45) is 5.92 Å². The van der Waals surface area contributed by atoms with Gasteiger partial charge in [-0.3, -0.25) is 4.79 Å². The summed E-state index contributed by atoms with van der Waals surface area (Å²) in [6.07, 6.45) is 2.25. The highest BCUT2D eigenvalue weighted by Crippen LogP contribution is 2.41. The lowest BCUT2D eigenvalue weighted by atomic mass is 10.2. The number of nitrogen functional groups attached to an aromatic ring is 1. The van der Waals surface area contributed by atoms with Crippen LogP contribution in [0.25, 0.3) is 0 Å². The first-order chi connectivity index (χ1) is 9.12. The van der Waals surface area contributed by atoms with Crippen molar-refractivity contribution in [3.8, 4) is 6.07 Å². The number of rotatable bonds is 5. The minimum Gasteiger partial charge on any atom is -0.396 e. The molecule has 1 aromatic heterocycles. The fourth-order valence-corrected chi connectivity index (χ4v) is 3.16. The summed E-state index contributed by atoms with van der Waals surface area (Å²) in [4.78, 5) is 12.3. The highest BCUT2D eigenvalue weighted by molar-refractivity contribution is 7.19. The first-order valence-corrected chi connectivity index (χ1v) is 7.31. The van der Waals surface area contributed by atoms with E-state index in [2.05, 4.69) is 23.6 Å². The molecule has 2 rings (SSSR count). The maximum atomic E-state index is 11.9. The molecule has 0 saturated heterocycles. The summed E-state index contributed by atoms with van der Waals surface area (Å²) in [7, 11) is 0. The predicted molar refractivity (Wildman–Crippen MR) is 77.3 cm³/mol. The highest BCUT2D eigenvalue weighted by atomic mass is 32.1. The van der Waals surface area contributed by atoms with Crippen molar-refractivity contribution >= 4 is 27.9 Å². The van der Waals surface area contributed by atoms with Gasteiger partial charge >= 0.3 is 0 Å². The van der Waals surface area contributed by atoms with E-state index in [-0.39, 0.29) is 11.6 Å². The van der Waals surface area contributed by atoms with Crippen molar-refractivity contribution in [3.63, 3.8) is 0 Å². The summed E-state index contributed by atoms with van der Waals surface area (Å²) in [5.74, 6) is 0.458. The lowest BCUT2D eigenvalue weighted by Crippen LogP contribution is -2.22. The van der Waals surface area contributed by atoms with E-state index in [4.69, 9.17) is 5.73 Å². The van der Waals surface area contributed by atoms with Crippen LogP contribution in [0.1, 0.15) is 41.9 Å². The molecule has 0 radical (unpaired) electrons. The Morgan fingerprint density at radius 3 is 2.84 bits per heavy atom. The molecule has 2 atom stereocenters. The molecule has 1 saturated carbocycles. The van der Waals surface area contributed by atoms with Gasteiger partial charge in [-0.1, -0.05) is 13.3 Å². The minimum atomic E-state index is -0.211. The molecule has 1 aliphatic carbocycles. The second-order valence-corrected chi connectivity index (χ2v) is 5.70. The van der Waals surface area contributed by atoms with Gasteiger partial charge in [0.2, 0.25) is 0 Å². The molecule has 1 amide bonds. The van der Waals surface area contributed by atoms with Crippen LogP contribution in [-0.4, -0.2) is 18.5 Å². The third-order valence-electron chi connectivity index (χ3n) is 3.36. The van der Waals surface area contributed by atoms with Gasteiger partial charge in [0.25, 0.3) is 5.91 Å². The van der Waals surface area contributed by atoms with E-state index < -0.39 is 0 Å². The fourth-order valence-electron chi connectivity index (χ4n) is 2.11. The Morgan fingerprint density at radius 2 is 2.32 bits per heavy atom. The molecule has 1 aromatic rings. The first-order valence-electron chi connectivity index (χ1n) is 6.49. The second kappa shape index (κ2) is 5.49. The van der Waals surface area contributed by atoms with Gasteiger partial charge < -0.3 is 16.4 Å². The molecule has 1 heterocycles. The largest absolute Gasteiger partial charge is 0.396 e. The number of amides is 1. The lowest BCUT2D eigenvalue weighted by molar-refractivity contribution is 0.0960. The van der Waals surface area contributed by atoms with Gasteiger partial charge in [-0.15, -0.1) is 11.3 Å². The molecule has 2 unspecified atom stereocenters. The lowest BCUT2D eigenvalue weighted by Gasteiger charge is -2.02. The number of anilines is 2. The Labute approximate surface area is 116 Å². The topological polar surface area (TPSA) is 90.9 Å². The predicted octanol–water partition coefficient (Wildman–Crippen LogP) is 2.16.